The van der Waals surface area contributed by atoms with Crippen LogP contribution in [0.15, 0.2) is 162 Å². The van der Waals surface area contributed by atoms with Gasteiger partial charge >= 0.3 is 0 Å². The van der Waals surface area contributed by atoms with Crippen LogP contribution in [0.3, 0.4) is 0 Å². The van der Waals surface area contributed by atoms with Gasteiger partial charge in [-0.05, 0) is 61.4 Å². The van der Waals surface area contributed by atoms with Crippen molar-refractivity contribution in [1.29, 1.82) is 0 Å². The standard InChI is InChI=1S/C46H31N7S/c47-41-36(27-35-40(43(41)52-54)34-19-7-10-20-37(34)48-42(35)28-13-3-1-4-14-28)46-50-44(29-15-5-2-6-16-29)49-45(51-46)30-23-25-31(26-24-30)53-38-21-11-8-17-32(38)33-18-9-12-22-39(33)53/h1-27,41,54H,47H2. The fraction of sp³-hybridized carbons (Fsp3) is 0.0217. The Morgan fingerprint density at radius 1 is 0.519 bits per heavy atom. The predicted molar refractivity (Wildman–Crippen MR) is 224 cm³/mol. The van der Waals surface area contributed by atoms with Crippen LogP contribution in [0.5, 0.6) is 0 Å². The smallest absolute Gasteiger partial charge is 0.164 e. The van der Waals surface area contributed by atoms with Crippen molar-refractivity contribution in [1.82, 2.24) is 24.5 Å². The van der Waals surface area contributed by atoms with Gasteiger partial charge in [-0.3, -0.25) is 0 Å². The van der Waals surface area contributed by atoms with Crippen LogP contribution >= 0.6 is 12.8 Å². The molecule has 2 N–H and O–H groups in total. The zero-order valence-corrected chi connectivity index (χ0v) is 29.8. The Hall–Kier alpha value is -6.74. The fourth-order valence-corrected chi connectivity index (χ4v) is 7.86. The molecule has 1 atom stereocenters. The first-order chi connectivity index (χ1) is 26.7. The summed E-state index contributed by atoms with van der Waals surface area (Å²) >= 11 is 4.49. The molecule has 1 aliphatic rings. The molecule has 3 aromatic heterocycles. The molecule has 7 nitrogen and oxygen atoms in total. The number of nitrogens with zero attached hydrogens (tertiary/aromatic N) is 6. The molecule has 0 amide bonds. The van der Waals surface area contributed by atoms with Gasteiger partial charge in [0.2, 0.25) is 0 Å². The highest BCUT2D eigenvalue weighted by molar-refractivity contribution is 7.79. The topological polar surface area (TPSA) is 94.9 Å². The minimum atomic E-state index is -0.666. The van der Waals surface area contributed by atoms with Gasteiger partial charge < -0.3 is 10.3 Å². The summed E-state index contributed by atoms with van der Waals surface area (Å²) in [6.45, 7) is 0. The van der Waals surface area contributed by atoms with E-state index in [1.54, 1.807) is 0 Å². The first kappa shape index (κ1) is 32.0. The van der Waals surface area contributed by atoms with Crippen molar-refractivity contribution in [3.8, 4) is 39.7 Å². The Bertz CT molecular complexity index is 2900. The molecule has 0 saturated heterocycles. The molecule has 1 aliphatic carbocycles. The van der Waals surface area contributed by atoms with Crippen LogP contribution in [-0.2, 0) is 0 Å². The monoisotopic (exact) mass is 713 g/mol. The molecule has 3 heterocycles. The quantitative estimate of drug-likeness (QED) is 0.173. The van der Waals surface area contributed by atoms with E-state index in [1.165, 1.54) is 10.8 Å². The van der Waals surface area contributed by atoms with E-state index in [9.17, 15) is 0 Å². The molecule has 0 spiro atoms. The van der Waals surface area contributed by atoms with Crippen molar-refractivity contribution in [3.05, 3.63) is 175 Å². The Morgan fingerprint density at radius 2 is 1.04 bits per heavy atom. The third-order valence-corrected chi connectivity index (χ3v) is 10.4. The molecule has 0 aliphatic heterocycles. The second-order valence-electron chi connectivity index (χ2n) is 13.3. The SMILES string of the molecule is NC1C(c2nc(-c3ccccc3)nc(-c3ccc(-n4c5ccccc5c5ccccc54)cc3)n2)=Cc2c(-c3ccccc3)nc3ccccc3c2C1=NS. The zero-order chi connectivity index (χ0) is 36.2. The molecule has 256 valence electrons. The number of aromatic nitrogens is 5. The minimum absolute atomic E-state index is 0.463. The summed E-state index contributed by atoms with van der Waals surface area (Å²) in [5.41, 5.74) is 18.0. The molecule has 10 rings (SSSR count). The van der Waals surface area contributed by atoms with Crippen LogP contribution in [0.4, 0.5) is 0 Å². The third-order valence-electron chi connectivity index (χ3n) is 10.2. The second-order valence-corrected chi connectivity index (χ2v) is 13.5. The number of benzene rings is 6. The van der Waals surface area contributed by atoms with Crippen LogP contribution in [0, 0.1) is 0 Å². The summed E-state index contributed by atoms with van der Waals surface area (Å²) in [5, 5.41) is 3.39. The van der Waals surface area contributed by atoms with E-state index in [4.69, 9.17) is 25.7 Å². The van der Waals surface area contributed by atoms with Crippen molar-refractivity contribution < 1.29 is 0 Å². The maximum absolute atomic E-state index is 7.13. The average molecular weight is 714 g/mol. The van der Waals surface area contributed by atoms with Crippen molar-refractivity contribution in [2.75, 3.05) is 0 Å². The van der Waals surface area contributed by atoms with Crippen LogP contribution in [0.1, 0.15) is 17.0 Å². The van der Waals surface area contributed by atoms with Gasteiger partial charge in [0.25, 0.3) is 0 Å². The number of rotatable bonds is 5. The largest absolute Gasteiger partial charge is 0.319 e. The summed E-state index contributed by atoms with van der Waals surface area (Å²) in [6, 6.07) is 52.9. The minimum Gasteiger partial charge on any atom is -0.319 e. The number of thiol groups is 1. The third kappa shape index (κ3) is 5.23. The number of para-hydroxylation sites is 3. The molecular formula is C46H31N7S. The van der Waals surface area contributed by atoms with Gasteiger partial charge in [-0.1, -0.05) is 115 Å². The van der Waals surface area contributed by atoms with E-state index in [-0.39, 0.29) is 0 Å². The number of nitrogens with two attached hydrogens (primary N) is 1. The van der Waals surface area contributed by atoms with Gasteiger partial charge in [0.15, 0.2) is 17.5 Å². The molecule has 6 aromatic carbocycles. The highest BCUT2D eigenvalue weighted by Gasteiger charge is 2.32. The Kier molecular flexibility index (Phi) is 7.71. The van der Waals surface area contributed by atoms with Crippen molar-refractivity contribution >= 4 is 62.9 Å². The molecule has 9 aromatic rings. The molecule has 0 saturated carbocycles. The Morgan fingerprint density at radius 3 is 1.67 bits per heavy atom. The van der Waals surface area contributed by atoms with E-state index in [0.29, 0.717) is 28.8 Å². The summed E-state index contributed by atoms with van der Waals surface area (Å²) in [4.78, 5) is 20.4. The van der Waals surface area contributed by atoms with Crippen molar-refractivity contribution in [3.63, 3.8) is 0 Å². The summed E-state index contributed by atoms with van der Waals surface area (Å²) in [5.74, 6) is 1.55. The van der Waals surface area contributed by atoms with E-state index in [2.05, 4.69) is 119 Å². The molecule has 1 unspecified atom stereocenters. The van der Waals surface area contributed by atoms with Gasteiger partial charge in [0.1, 0.15) is 0 Å². The summed E-state index contributed by atoms with van der Waals surface area (Å²) in [6.07, 6.45) is 2.07. The molecule has 0 fully saturated rings. The van der Waals surface area contributed by atoms with E-state index in [1.807, 2.05) is 66.7 Å². The lowest BCUT2D eigenvalue weighted by Gasteiger charge is -2.27. The average Bonchev–Trinajstić information content (AvgIpc) is 3.58. The van der Waals surface area contributed by atoms with Crippen LogP contribution < -0.4 is 5.73 Å². The highest BCUT2D eigenvalue weighted by Crippen LogP contribution is 2.39. The second kappa shape index (κ2) is 13.0. The molecule has 0 radical (unpaired) electrons. The first-order valence-corrected chi connectivity index (χ1v) is 18.1. The van der Waals surface area contributed by atoms with Crippen molar-refractivity contribution in [2.45, 2.75) is 6.04 Å². The summed E-state index contributed by atoms with van der Waals surface area (Å²) < 4.78 is 6.81. The molecule has 0 bridgehead atoms. The Labute approximate surface area is 316 Å². The van der Waals surface area contributed by atoms with Gasteiger partial charge in [0, 0.05) is 55.2 Å². The van der Waals surface area contributed by atoms with Gasteiger partial charge in [-0.2, -0.15) is 0 Å². The molecule has 54 heavy (non-hydrogen) atoms. The van der Waals surface area contributed by atoms with Gasteiger partial charge in [-0.25, -0.2) is 24.3 Å². The number of hydrogen-bond donors (Lipinski definition) is 2. The molecular weight excluding hydrogens is 683 g/mol. The first-order valence-electron chi connectivity index (χ1n) is 17.7. The fourth-order valence-electron chi connectivity index (χ4n) is 7.63. The van der Waals surface area contributed by atoms with Gasteiger partial charge in [-0.15, -0.1) is 0 Å². The van der Waals surface area contributed by atoms with E-state index >= 15 is 0 Å². The number of hydrogen-bond acceptors (Lipinski definition) is 7. The van der Waals surface area contributed by atoms with Gasteiger partial charge in [0.05, 0.1) is 34.0 Å². The predicted octanol–water partition coefficient (Wildman–Crippen LogP) is 10.0. The highest BCUT2D eigenvalue weighted by atomic mass is 32.1. The summed E-state index contributed by atoms with van der Waals surface area (Å²) in [7, 11) is 0. The molecule has 8 heteroatoms. The zero-order valence-electron chi connectivity index (χ0n) is 28.9. The Balaban J connectivity index is 1.16. The maximum Gasteiger partial charge on any atom is 0.164 e. The number of pyridine rings is 1. The van der Waals surface area contributed by atoms with E-state index < -0.39 is 6.04 Å². The normalized spacial score (nSPS) is 14.8. The van der Waals surface area contributed by atoms with Crippen molar-refractivity contribution in [2.24, 2.45) is 10.1 Å². The number of fused-ring (bicyclic) bond motifs is 6. The maximum atomic E-state index is 7.13. The lowest BCUT2D eigenvalue weighted by atomic mass is 9.82. The lowest BCUT2D eigenvalue weighted by Crippen LogP contribution is -2.36. The van der Waals surface area contributed by atoms with Crippen LogP contribution in [0.25, 0.3) is 84.1 Å². The van der Waals surface area contributed by atoms with Crippen LogP contribution in [-0.4, -0.2) is 36.3 Å². The van der Waals surface area contributed by atoms with E-state index in [0.717, 1.165) is 61.1 Å². The van der Waals surface area contributed by atoms with Crippen LogP contribution in [0.2, 0.25) is 0 Å². The lowest BCUT2D eigenvalue weighted by molar-refractivity contribution is 0.993.